The highest BCUT2D eigenvalue weighted by Gasteiger charge is 2.50. The molecule has 4 atom stereocenters. The monoisotopic (exact) mass is 570 g/mol. The molecule has 2 heterocycles. The van der Waals surface area contributed by atoms with E-state index in [0.717, 1.165) is 11.8 Å². The van der Waals surface area contributed by atoms with Gasteiger partial charge in [0.05, 0.1) is 11.1 Å². The summed E-state index contributed by atoms with van der Waals surface area (Å²) in [5.41, 5.74) is 0.272. The summed E-state index contributed by atoms with van der Waals surface area (Å²) in [5, 5.41) is 7.45. The topological polar surface area (TPSA) is 122 Å². The van der Waals surface area contributed by atoms with Gasteiger partial charge in [0, 0.05) is 42.2 Å². The van der Waals surface area contributed by atoms with Crippen molar-refractivity contribution in [2.75, 3.05) is 0 Å². The number of hydrogen-bond acceptors (Lipinski definition) is 6. The molecule has 1 aromatic carbocycles. The molecule has 4 unspecified atom stereocenters. The average Bonchev–Trinajstić information content (AvgIpc) is 2.90. The van der Waals surface area contributed by atoms with E-state index in [-0.39, 0.29) is 23.8 Å². The van der Waals surface area contributed by atoms with Crippen LogP contribution in [0.4, 0.5) is 13.2 Å². The summed E-state index contributed by atoms with van der Waals surface area (Å²) in [6, 6.07) is 7.00. The zero-order chi connectivity index (χ0) is 29.1. The number of amidine groups is 2. The number of halogens is 3. The molecule has 3 aliphatic rings. The number of fused-ring (bicyclic) bond motifs is 1. The summed E-state index contributed by atoms with van der Waals surface area (Å²) in [7, 11) is -3.96. The molecule has 0 fully saturated rings. The van der Waals surface area contributed by atoms with Crippen LogP contribution in [0.15, 0.2) is 111 Å². The van der Waals surface area contributed by atoms with Crippen molar-refractivity contribution in [1.29, 1.82) is 0 Å². The SMILES string of the molecule is C=CN=C(/C=C\C)C(N=C1N=C(C2=CN=CC(S(N)(=O)=O)C2)NC2=CC=CC(c3ccccc3)C21C)C(F)(F)F. The standard InChI is InChI=1S/C28H29F3N6O2S/c1-4-10-22(34-5-2)24(28(29,30)31)36-26-27(3)21(18-11-7-6-8-12-18)13-9-14-23(27)35-25(37-26)19-15-20(17-33-16-19)40(32,38)39/h4-14,16-17,20-21,24H,2,15H2,1,3H3,(H2,32,38,39)(H,35,36,37)/b10-4-,34-22?. The summed E-state index contributed by atoms with van der Waals surface area (Å²) >= 11 is 0. The predicted molar refractivity (Wildman–Crippen MR) is 153 cm³/mol. The summed E-state index contributed by atoms with van der Waals surface area (Å²) in [5.74, 6) is -0.377. The van der Waals surface area contributed by atoms with E-state index in [4.69, 9.17) is 5.14 Å². The Morgan fingerprint density at radius 3 is 2.65 bits per heavy atom. The first-order chi connectivity index (χ1) is 18.9. The molecule has 40 heavy (non-hydrogen) atoms. The number of nitrogens with one attached hydrogen (secondary N) is 1. The lowest BCUT2D eigenvalue weighted by Crippen LogP contribution is -2.50. The van der Waals surface area contributed by atoms with Crippen LogP contribution in [0.25, 0.3) is 0 Å². The number of primary sulfonamides is 1. The van der Waals surface area contributed by atoms with Crippen LogP contribution >= 0.6 is 0 Å². The summed E-state index contributed by atoms with van der Waals surface area (Å²) < 4.78 is 67.6. The third-order valence-electron chi connectivity index (χ3n) is 6.89. The third-order valence-corrected chi connectivity index (χ3v) is 8.02. The first-order valence-electron chi connectivity index (χ1n) is 12.4. The number of aliphatic imine (C=N–C) groups is 4. The maximum Gasteiger partial charge on any atom is 0.416 e. The summed E-state index contributed by atoms with van der Waals surface area (Å²) in [6.07, 6.45) is 6.94. The van der Waals surface area contributed by atoms with E-state index in [1.54, 1.807) is 19.9 Å². The zero-order valence-corrected chi connectivity index (χ0v) is 22.7. The predicted octanol–water partition coefficient (Wildman–Crippen LogP) is 4.74. The van der Waals surface area contributed by atoms with Crippen molar-refractivity contribution in [3.8, 4) is 0 Å². The van der Waals surface area contributed by atoms with E-state index >= 15 is 0 Å². The highest BCUT2D eigenvalue weighted by molar-refractivity contribution is 7.90. The van der Waals surface area contributed by atoms with E-state index in [0.29, 0.717) is 11.3 Å². The molecule has 0 saturated heterocycles. The van der Waals surface area contributed by atoms with E-state index in [2.05, 4.69) is 31.9 Å². The summed E-state index contributed by atoms with van der Waals surface area (Å²) in [6.45, 7) is 6.81. The smallest absolute Gasteiger partial charge is 0.342 e. The van der Waals surface area contributed by atoms with Crippen molar-refractivity contribution in [3.05, 3.63) is 96.5 Å². The number of rotatable bonds is 7. The zero-order valence-electron chi connectivity index (χ0n) is 21.9. The second-order valence-corrected chi connectivity index (χ2v) is 11.3. The largest absolute Gasteiger partial charge is 0.416 e. The molecule has 2 aliphatic heterocycles. The molecule has 12 heteroatoms. The molecule has 210 valence electrons. The number of alkyl halides is 3. The molecule has 1 aromatic rings. The lowest BCUT2D eigenvalue weighted by molar-refractivity contribution is -0.131. The van der Waals surface area contributed by atoms with Gasteiger partial charge in [0.15, 0.2) is 6.04 Å². The normalized spacial score (nSPS) is 27.0. The van der Waals surface area contributed by atoms with E-state index in [1.165, 1.54) is 24.6 Å². The first-order valence-corrected chi connectivity index (χ1v) is 14.0. The Hall–Kier alpha value is -3.90. The van der Waals surface area contributed by atoms with Crippen LogP contribution in [0.1, 0.15) is 31.7 Å². The Morgan fingerprint density at radius 2 is 2.02 bits per heavy atom. The number of hydrogen-bond donors (Lipinski definition) is 2. The van der Waals surface area contributed by atoms with Crippen LogP contribution in [0.3, 0.4) is 0 Å². The number of nitrogens with two attached hydrogens (primary N) is 1. The van der Waals surface area contributed by atoms with Crippen LogP contribution in [0, 0.1) is 5.41 Å². The minimum Gasteiger partial charge on any atom is -0.342 e. The van der Waals surface area contributed by atoms with Crippen molar-refractivity contribution in [3.63, 3.8) is 0 Å². The Balaban J connectivity index is 1.95. The number of nitrogens with zero attached hydrogens (tertiary/aromatic N) is 4. The van der Waals surface area contributed by atoms with Crippen molar-refractivity contribution < 1.29 is 21.6 Å². The van der Waals surface area contributed by atoms with Crippen molar-refractivity contribution >= 4 is 33.6 Å². The molecule has 0 saturated carbocycles. The number of benzene rings is 1. The molecule has 0 spiro atoms. The van der Waals surface area contributed by atoms with Gasteiger partial charge in [-0.2, -0.15) is 13.2 Å². The van der Waals surface area contributed by atoms with Gasteiger partial charge in [-0.05, 0) is 31.6 Å². The molecule has 0 bridgehead atoms. The quantitative estimate of drug-likeness (QED) is 0.461. The van der Waals surface area contributed by atoms with Crippen molar-refractivity contribution in [1.82, 2.24) is 5.32 Å². The van der Waals surface area contributed by atoms with Crippen LogP contribution in [0.2, 0.25) is 0 Å². The average molecular weight is 571 g/mol. The lowest BCUT2D eigenvalue weighted by Gasteiger charge is -2.44. The maximum absolute atomic E-state index is 14.5. The van der Waals surface area contributed by atoms with E-state index in [9.17, 15) is 21.6 Å². The van der Waals surface area contributed by atoms with Gasteiger partial charge in [0.1, 0.15) is 16.9 Å². The van der Waals surface area contributed by atoms with Gasteiger partial charge in [-0.25, -0.2) is 18.5 Å². The van der Waals surface area contributed by atoms with Crippen molar-refractivity contribution in [2.45, 2.75) is 43.7 Å². The maximum atomic E-state index is 14.5. The van der Waals surface area contributed by atoms with E-state index in [1.807, 2.05) is 42.5 Å². The molecule has 0 radical (unpaired) electrons. The fourth-order valence-electron chi connectivity index (χ4n) is 4.84. The molecule has 8 nitrogen and oxygen atoms in total. The van der Waals surface area contributed by atoms with Gasteiger partial charge in [-0.1, -0.05) is 55.1 Å². The molecule has 1 aliphatic carbocycles. The number of sulfonamides is 1. The molecular formula is C28H29F3N6O2S. The van der Waals surface area contributed by atoms with Gasteiger partial charge >= 0.3 is 6.18 Å². The minimum absolute atomic E-state index is 0.0617. The van der Waals surface area contributed by atoms with Gasteiger partial charge in [0.2, 0.25) is 10.0 Å². The third kappa shape index (κ3) is 5.82. The number of allylic oxidation sites excluding steroid dienone is 4. The second-order valence-electron chi connectivity index (χ2n) is 9.56. The fourth-order valence-corrected chi connectivity index (χ4v) is 5.50. The van der Waals surface area contributed by atoms with Crippen LogP contribution in [-0.4, -0.2) is 49.5 Å². The Kier molecular flexibility index (Phi) is 8.22. The van der Waals surface area contributed by atoms with Gasteiger partial charge in [-0.3, -0.25) is 15.0 Å². The van der Waals surface area contributed by atoms with Crippen LogP contribution in [0.5, 0.6) is 0 Å². The molecule has 4 rings (SSSR count). The highest BCUT2D eigenvalue weighted by Crippen LogP contribution is 2.48. The fraction of sp³-hybridized carbons (Fsp3) is 0.286. The molecular weight excluding hydrogens is 541 g/mol. The Labute approximate surface area is 231 Å². The molecule has 3 N–H and O–H groups in total. The van der Waals surface area contributed by atoms with E-state index < -0.39 is 38.8 Å². The molecule has 0 aromatic heterocycles. The lowest BCUT2D eigenvalue weighted by atomic mass is 9.67. The van der Waals surface area contributed by atoms with Crippen molar-refractivity contribution in [2.24, 2.45) is 30.5 Å². The van der Waals surface area contributed by atoms with Gasteiger partial charge in [-0.15, -0.1) is 0 Å². The van der Waals surface area contributed by atoms with Gasteiger partial charge in [0.25, 0.3) is 0 Å². The molecule has 0 amide bonds. The first kappa shape index (κ1) is 29.1. The summed E-state index contributed by atoms with van der Waals surface area (Å²) in [4.78, 5) is 16.7. The Morgan fingerprint density at radius 1 is 1.30 bits per heavy atom. The minimum atomic E-state index is -4.80. The van der Waals surface area contributed by atoms with Gasteiger partial charge < -0.3 is 5.32 Å². The van der Waals surface area contributed by atoms with Crippen LogP contribution < -0.4 is 10.5 Å². The van der Waals surface area contributed by atoms with Crippen LogP contribution in [-0.2, 0) is 10.0 Å². The second kappa shape index (κ2) is 11.3. The Bertz CT molecular complexity index is 1520. The highest BCUT2D eigenvalue weighted by atomic mass is 32.2.